The molecule has 5 nitrogen and oxygen atoms in total. The molecule has 0 aliphatic carbocycles. The third kappa shape index (κ3) is 3.89. The van der Waals surface area contributed by atoms with E-state index in [1.807, 2.05) is 13.8 Å². The third-order valence-electron chi connectivity index (χ3n) is 2.64. The van der Waals surface area contributed by atoms with Crippen LogP contribution in [0.15, 0.2) is 23.1 Å². The van der Waals surface area contributed by atoms with E-state index in [4.69, 9.17) is 10.8 Å². The van der Waals surface area contributed by atoms with Crippen molar-refractivity contribution in [2.24, 2.45) is 5.41 Å². The molecular weight excluding hydrogens is 252 g/mol. The highest BCUT2D eigenvalue weighted by atomic mass is 32.2. The molecule has 6 heteroatoms. The standard InChI is InChI=1S/C12H20N2O3S/c1-12(2,8-15)7-14-11-5-4-9(6-10(11)13)18(3,16)17/h4-6,14-15H,7-8,13H2,1-3H3. The summed E-state index contributed by atoms with van der Waals surface area (Å²) in [5.74, 6) is 0. The highest BCUT2D eigenvalue weighted by Crippen LogP contribution is 2.24. The highest BCUT2D eigenvalue weighted by Gasteiger charge is 2.17. The number of hydrogen-bond acceptors (Lipinski definition) is 5. The summed E-state index contributed by atoms with van der Waals surface area (Å²) in [5.41, 5.74) is 6.59. The van der Waals surface area contributed by atoms with E-state index < -0.39 is 9.84 Å². The first-order valence-electron chi connectivity index (χ1n) is 5.60. The van der Waals surface area contributed by atoms with Crippen LogP contribution in [0.5, 0.6) is 0 Å². The SMILES string of the molecule is CC(C)(CO)CNc1ccc(S(C)(=O)=O)cc1N. The van der Waals surface area contributed by atoms with Crippen molar-refractivity contribution >= 4 is 21.2 Å². The van der Waals surface area contributed by atoms with Gasteiger partial charge in [-0.25, -0.2) is 8.42 Å². The maximum atomic E-state index is 11.4. The van der Waals surface area contributed by atoms with Crippen molar-refractivity contribution in [1.29, 1.82) is 0 Å². The van der Waals surface area contributed by atoms with Gasteiger partial charge in [0, 0.05) is 24.8 Å². The van der Waals surface area contributed by atoms with Crippen LogP contribution >= 0.6 is 0 Å². The molecule has 0 aliphatic rings. The number of hydrogen-bond donors (Lipinski definition) is 3. The monoisotopic (exact) mass is 272 g/mol. The minimum absolute atomic E-state index is 0.0569. The number of rotatable bonds is 5. The molecule has 1 aromatic carbocycles. The molecule has 102 valence electrons. The van der Waals surface area contributed by atoms with Crippen LogP contribution in [-0.4, -0.2) is 32.9 Å². The molecule has 0 aliphatic heterocycles. The predicted octanol–water partition coefficient (Wildman–Crippen LogP) is 1.10. The van der Waals surface area contributed by atoms with E-state index in [1.54, 1.807) is 6.07 Å². The maximum absolute atomic E-state index is 11.4. The van der Waals surface area contributed by atoms with Gasteiger partial charge in [-0.15, -0.1) is 0 Å². The lowest BCUT2D eigenvalue weighted by Gasteiger charge is -2.23. The van der Waals surface area contributed by atoms with Crippen LogP contribution < -0.4 is 11.1 Å². The van der Waals surface area contributed by atoms with Gasteiger partial charge in [0.25, 0.3) is 0 Å². The Hall–Kier alpha value is -1.27. The van der Waals surface area contributed by atoms with E-state index in [1.165, 1.54) is 12.1 Å². The molecule has 0 amide bonds. The molecule has 1 aromatic rings. The number of aliphatic hydroxyl groups is 1. The van der Waals surface area contributed by atoms with Gasteiger partial charge in [-0.2, -0.15) is 0 Å². The molecule has 0 heterocycles. The third-order valence-corrected chi connectivity index (χ3v) is 3.75. The zero-order valence-electron chi connectivity index (χ0n) is 10.9. The number of benzene rings is 1. The van der Waals surface area contributed by atoms with Gasteiger partial charge in [0.05, 0.1) is 16.3 Å². The molecule has 0 unspecified atom stereocenters. The van der Waals surface area contributed by atoms with Crippen LogP contribution in [0.25, 0.3) is 0 Å². The largest absolute Gasteiger partial charge is 0.397 e. The number of anilines is 2. The zero-order valence-corrected chi connectivity index (χ0v) is 11.7. The van der Waals surface area contributed by atoms with E-state index in [2.05, 4.69) is 5.32 Å². The van der Waals surface area contributed by atoms with Crippen LogP contribution in [0.1, 0.15) is 13.8 Å². The van der Waals surface area contributed by atoms with Crippen LogP contribution in [0.2, 0.25) is 0 Å². The van der Waals surface area contributed by atoms with Gasteiger partial charge in [-0.3, -0.25) is 0 Å². The van der Waals surface area contributed by atoms with Gasteiger partial charge in [-0.05, 0) is 18.2 Å². The van der Waals surface area contributed by atoms with Gasteiger partial charge in [-0.1, -0.05) is 13.8 Å². The average Bonchev–Trinajstić information content (AvgIpc) is 2.26. The number of nitrogens with one attached hydrogen (secondary N) is 1. The molecule has 0 saturated carbocycles. The fourth-order valence-electron chi connectivity index (χ4n) is 1.32. The lowest BCUT2D eigenvalue weighted by Crippen LogP contribution is -2.27. The first-order valence-corrected chi connectivity index (χ1v) is 7.49. The fraction of sp³-hybridized carbons (Fsp3) is 0.500. The molecule has 0 fully saturated rings. The molecular formula is C12H20N2O3S. The first-order chi connectivity index (χ1) is 8.15. The molecule has 0 spiro atoms. The van der Waals surface area contributed by atoms with Gasteiger partial charge >= 0.3 is 0 Å². The van der Waals surface area contributed by atoms with Gasteiger partial charge in [0.15, 0.2) is 9.84 Å². The second-order valence-electron chi connectivity index (χ2n) is 5.20. The summed E-state index contributed by atoms with van der Waals surface area (Å²) in [6, 6.07) is 4.59. The van der Waals surface area contributed by atoms with Crippen molar-refractivity contribution in [2.75, 3.05) is 30.5 Å². The summed E-state index contributed by atoms with van der Waals surface area (Å²) in [7, 11) is -3.24. The lowest BCUT2D eigenvalue weighted by molar-refractivity contribution is 0.171. The molecule has 0 atom stereocenters. The van der Waals surface area contributed by atoms with Crippen LogP contribution in [0.3, 0.4) is 0 Å². The molecule has 0 radical (unpaired) electrons. The van der Waals surface area contributed by atoms with Crippen molar-refractivity contribution in [3.63, 3.8) is 0 Å². The Balaban J connectivity index is 2.88. The molecule has 0 saturated heterocycles. The Labute approximate surface area is 108 Å². The Bertz CT molecular complexity index is 524. The van der Waals surface area contributed by atoms with E-state index in [9.17, 15) is 8.42 Å². The molecule has 1 rings (SSSR count). The summed E-state index contributed by atoms with van der Waals surface area (Å²) >= 11 is 0. The second-order valence-corrected chi connectivity index (χ2v) is 7.21. The van der Waals surface area contributed by atoms with E-state index in [0.717, 1.165) is 6.26 Å². The summed E-state index contributed by atoms with van der Waals surface area (Å²) in [6.45, 7) is 4.44. The Morgan fingerprint density at radius 1 is 1.39 bits per heavy atom. The average molecular weight is 272 g/mol. The van der Waals surface area contributed by atoms with Crippen LogP contribution in [-0.2, 0) is 9.84 Å². The Kier molecular flexibility index (Phi) is 4.24. The van der Waals surface area contributed by atoms with Crippen LogP contribution in [0, 0.1) is 5.41 Å². The number of nitrogens with two attached hydrogens (primary N) is 1. The minimum Gasteiger partial charge on any atom is -0.397 e. The minimum atomic E-state index is -3.24. The maximum Gasteiger partial charge on any atom is 0.175 e. The summed E-state index contributed by atoms with van der Waals surface area (Å²) in [4.78, 5) is 0.201. The topological polar surface area (TPSA) is 92.4 Å². The predicted molar refractivity (Wildman–Crippen MR) is 73.3 cm³/mol. The van der Waals surface area contributed by atoms with Crippen LogP contribution in [0.4, 0.5) is 11.4 Å². The first kappa shape index (κ1) is 14.8. The number of aliphatic hydroxyl groups excluding tert-OH is 1. The van der Waals surface area contributed by atoms with Gasteiger partial charge in [0.2, 0.25) is 0 Å². The van der Waals surface area contributed by atoms with Crippen molar-refractivity contribution in [2.45, 2.75) is 18.7 Å². The summed E-state index contributed by atoms with van der Waals surface area (Å²) < 4.78 is 22.7. The number of sulfone groups is 1. The second kappa shape index (κ2) is 5.16. The molecule has 0 bridgehead atoms. The van der Waals surface area contributed by atoms with Crippen molar-refractivity contribution in [1.82, 2.24) is 0 Å². The van der Waals surface area contributed by atoms with E-state index >= 15 is 0 Å². The van der Waals surface area contributed by atoms with Crippen molar-refractivity contribution in [3.05, 3.63) is 18.2 Å². The van der Waals surface area contributed by atoms with Gasteiger partial charge < -0.3 is 16.2 Å². The Morgan fingerprint density at radius 2 is 2.00 bits per heavy atom. The molecule has 0 aromatic heterocycles. The van der Waals surface area contributed by atoms with Crippen molar-refractivity contribution in [3.8, 4) is 0 Å². The summed E-state index contributed by atoms with van der Waals surface area (Å²) in [5, 5.41) is 12.2. The normalized spacial score (nSPS) is 12.4. The molecule has 18 heavy (non-hydrogen) atoms. The smallest absolute Gasteiger partial charge is 0.175 e. The van der Waals surface area contributed by atoms with E-state index in [0.29, 0.717) is 17.9 Å². The lowest BCUT2D eigenvalue weighted by atomic mass is 9.95. The fourth-order valence-corrected chi connectivity index (χ4v) is 1.98. The number of nitrogen functional groups attached to an aromatic ring is 1. The van der Waals surface area contributed by atoms with Crippen molar-refractivity contribution < 1.29 is 13.5 Å². The van der Waals surface area contributed by atoms with Gasteiger partial charge in [0.1, 0.15) is 0 Å². The summed E-state index contributed by atoms with van der Waals surface area (Å²) in [6.07, 6.45) is 1.14. The molecule has 4 N–H and O–H groups in total. The highest BCUT2D eigenvalue weighted by molar-refractivity contribution is 7.90. The van der Waals surface area contributed by atoms with E-state index in [-0.39, 0.29) is 16.9 Å². The quantitative estimate of drug-likeness (QED) is 0.698. The Morgan fingerprint density at radius 3 is 2.44 bits per heavy atom. The zero-order chi connectivity index (χ0) is 14.0.